The smallest absolute Gasteiger partial charge is 0.323 e. The van der Waals surface area contributed by atoms with Crippen LogP contribution in [0.25, 0.3) is 0 Å². The maximum Gasteiger partial charge on any atom is 0.323 e. The normalized spacial score (nSPS) is 19.6. The van der Waals surface area contributed by atoms with Crippen molar-refractivity contribution < 1.29 is 19.4 Å². The van der Waals surface area contributed by atoms with Crippen LogP contribution >= 0.6 is 0 Å². The fourth-order valence-electron chi connectivity index (χ4n) is 2.32. The van der Waals surface area contributed by atoms with Crippen LogP contribution in [0.15, 0.2) is 0 Å². The summed E-state index contributed by atoms with van der Waals surface area (Å²) >= 11 is 0. The largest absolute Gasteiger partial charge is 0.480 e. The minimum Gasteiger partial charge on any atom is -0.480 e. The minimum atomic E-state index is -0.958. The third-order valence-electron chi connectivity index (χ3n) is 3.59. The van der Waals surface area contributed by atoms with Gasteiger partial charge in [0.25, 0.3) is 0 Å². The topological polar surface area (TPSA) is 82.1 Å². The van der Waals surface area contributed by atoms with Gasteiger partial charge in [0.15, 0.2) is 0 Å². The van der Waals surface area contributed by atoms with Crippen molar-refractivity contribution in [3.05, 3.63) is 0 Å². The van der Waals surface area contributed by atoms with Gasteiger partial charge in [0.1, 0.15) is 6.54 Å². The van der Waals surface area contributed by atoms with Crippen LogP contribution in [0, 0.1) is 0 Å². The van der Waals surface area contributed by atoms with Crippen molar-refractivity contribution >= 4 is 12.0 Å². The van der Waals surface area contributed by atoms with Gasteiger partial charge in [-0.1, -0.05) is 0 Å². The van der Waals surface area contributed by atoms with Gasteiger partial charge in [-0.3, -0.25) is 9.69 Å². The maximum absolute atomic E-state index is 11.9. The molecule has 2 fully saturated rings. The molecule has 0 atom stereocenters. The molecular weight excluding hydrogens is 262 g/mol. The van der Waals surface area contributed by atoms with Crippen LogP contribution in [0.4, 0.5) is 4.79 Å². The van der Waals surface area contributed by atoms with E-state index in [4.69, 9.17) is 9.84 Å². The first-order valence-corrected chi connectivity index (χ1v) is 7.23. The number of carboxylic acid groups (broad SMARTS) is 1. The Balaban J connectivity index is 1.61. The second-order valence-electron chi connectivity index (χ2n) is 5.29. The Hall–Kier alpha value is -1.34. The molecule has 0 aromatic heterocycles. The van der Waals surface area contributed by atoms with Crippen molar-refractivity contribution in [2.24, 2.45) is 0 Å². The van der Waals surface area contributed by atoms with Crippen LogP contribution in [-0.2, 0) is 9.53 Å². The van der Waals surface area contributed by atoms with Crippen molar-refractivity contribution in [2.75, 3.05) is 45.9 Å². The second kappa shape index (κ2) is 7.44. The van der Waals surface area contributed by atoms with Crippen molar-refractivity contribution in [2.45, 2.75) is 25.3 Å². The Morgan fingerprint density at radius 2 is 2.00 bits per heavy atom. The number of carbonyl (C=O) groups excluding carboxylic acids is 1. The fraction of sp³-hybridized carbons (Fsp3) is 0.846. The molecule has 1 aliphatic carbocycles. The van der Waals surface area contributed by atoms with Gasteiger partial charge in [0.2, 0.25) is 0 Å². The summed E-state index contributed by atoms with van der Waals surface area (Å²) in [4.78, 5) is 26.4. The number of hydrogen-bond acceptors (Lipinski definition) is 4. The molecule has 0 unspecified atom stereocenters. The zero-order chi connectivity index (χ0) is 14.4. The summed E-state index contributed by atoms with van der Waals surface area (Å²) in [5.41, 5.74) is 0. The van der Waals surface area contributed by atoms with Crippen molar-refractivity contribution in [3.8, 4) is 0 Å². The zero-order valence-electron chi connectivity index (χ0n) is 11.7. The lowest BCUT2D eigenvalue weighted by atomic mass is 10.3. The highest BCUT2D eigenvalue weighted by atomic mass is 16.5. The summed E-state index contributed by atoms with van der Waals surface area (Å²) in [7, 11) is 0. The third-order valence-corrected chi connectivity index (χ3v) is 3.59. The zero-order valence-corrected chi connectivity index (χ0v) is 11.7. The molecule has 1 heterocycles. The lowest BCUT2D eigenvalue weighted by Gasteiger charge is -2.26. The number of ether oxygens (including phenoxy) is 1. The number of morpholine rings is 1. The molecule has 7 heteroatoms. The lowest BCUT2D eigenvalue weighted by Crippen LogP contribution is -2.45. The number of urea groups is 1. The van der Waals surface area contributed by atoms with Crippen molar-refractivity contribution in [1.82, 2.24) is 15.1 Å². The number of aliphatic carboxylic acids is 1. The monoisotopic (exact) mass is 285 g/mol. The summed E-state index contributed by atoms with van der Waals surface area (Å²) in [6, 6.07) is -0.137. The Morgan fingerprint density at radius 1 is 1.30 bits per heavy atom. The summed E-state index contributed by atoms with van der Waals surface area (Å²) in [6.45, 7) is 4.76. The van der Waals surface area contributed by atoms with Gasteiger partial charge in [-0.05, 0) is 25.8 Å². The van der Waals surface area contributed by atoms with E-state index in [1.165, 1.54) is 4.90 Å². The van der Waals surface area contributed by atoms with Gasteiger partial charge in [0.05, 0.1) is 13.2 Å². The number of carbonyl (C=O) groups is 2. The van der Waals surface area contributed by atoms with Gasteiger partial charge in [-0.15, -0.1) is 0 Å². The maximum atomic E-state index is 11.9. The fourth-order valence-corrected chi connectivity index (χ4v) is 2.32. The highest BCUT2D eigenvalue weighted by Crippen LogP contribution is 2.26. The van der Waals surface area contributed by atoms with E-state index in [-0.39, 0.29) is 18.6 Å². The molecule has 0 spiro atoms. The van der Waals surface area contributed by atoms with Gasteiger partial charge in [0, 0.05) is 25.7 Å². The number of carboxylic acids is 1. The van der Waals surface area contributed by atoms with Crippen molar-refractivity contribution in [3.63, 3.8) is 0 Å². The number of rotatable bonds is 7. The minimum absolute atomic E-state index is 0.116. The van der Waals surface area contributed by atoms with Gasteiger partial charge >= 0.3 is 12.0 Å². The highest BCUT2D eigenvalue weighted by molar-refractivity contribution is 5.80. The molecule has 2 N–H and O–H groups in total. The molecule has 2 amide bonds. The number of hydrogen-bond donors (Lipinski definition) is 2. The quantitative estimate of drug-likeness (QED) is 0.642. The van der Waals surface area contributed by atoms with E-state index in [0.29, 0.717) is 6.54 Å². The Kier molecular flexibility index (Phi) is 5.60. The van der Waals surface area contributed by atoms with E-state index in [9.17, 15) is 9.59 Å². The average Bonchev–Trinajstić information content (AvgIpc) is 3.26. The van der Waals surface area contributed by atoms with Crippen LogP contribution in [0.2, 0.25) is 0 Å². The van der Waals surface area contributed by atoms with E-state index in [1.54, 1.807) is 0 Å². The van der Waals surface area contributed by atoms with Crippen LogP contribution < -0.4 is 5.32 Å². The highest BCUT2D eigenvalue weighted by Gasteiger charge is 2.33. The van der Waals surface area contributed by atoms with Crippen LogP contribution in [0.5, 0.6) is 0 Å². The van der Waals surface area contributed by atoms with E-state index >= 15 is 0 Å². The molecule has 0 aromatic rings. The van der Waals surface area contributed by atoms with Crippen molar-refractivity contribution in [1.29, 1.82) is 0 Å². The number of amides is 2. The first-order chi connectivity index (χ1) is 9.66. The molecule has 1 saturated carbocycles. The second-order valence-corrected chi connectivity index (χ2v) is 5.29. The predicted octanol–water partition coefficient (Wildman–Crippen LogP) is -0.0327. The molecule has 0 bridgehead atoms. The lowest BCUT2D eigenvalue weighted by molar-refractivity contribution is -0.137. The predicted molar refractivity (Wildman–Crippen MR) is 72.6 cm³/mol. The van der Waals surface area contributed by atoms with Crippen LogP contribution in [0.1, 0.15) is 19.3 Å². The molecular formula is C13H23N3O4. The first kappa shape index (κ1) is 15.1. The van der Waals surface area contributed by atoms with Gasteiger partial charge in [-0.2, -0.15) is 0 Å². The SMILES string of the molecule is O=C(O)CN(C(=O)NCCCN1CCOCC1)C1CC1. The summed E-state index contributed by atoms with van der Waals surface area (Å²) in [5, 5.41) is 11.6. The van der Waals surface area contributed by atoms with E-state index in [2.05, 4.69) is 10.2 Å². The van der Waals surface area contributed by atoms with Gasteiger partial charge in [-0.25, -0.2) is 4.79 Å². The Labute approximate surface area is 118 Å². The standard InChI is InChI=1S/C13H23N3O4/c17-12(18)10-16(11-2-3-11)13(19)14-4-1-5-15-6-8-20-9-7-15/h11H,1-10H2,(H,14,19)(H,17,18). The molecule has 2 rings (SSSR count). The molecule has 114 valence electrons. The van der Waals surface area contributed by atoms with E-state index in [0.717, 1.165) is 52.1 Å². The summed E-state index contributed by atoms with van der Waals surface area (Å²) < 4.78 is 5.27. The molecule has 7 nitrogen and oxygen atoms in total. The molecule has 20 heavy (non-hydrogen) atoms. The Bertz CT molecular complexity index is 341. The number of nitrogens with zero attached hydrogens (tertiary/aromatic N) is 2. The Morgan fingerprint density at radius 3 is 2.60 bits per heavy atom. The van der Waals surface area contributed by atoms with Crippen LogP contribution in [0.3, 0.4) is 0 Å². The van der Waals surface area contributed by atoms with E-state index in [1.807, 2.05) is 0 Å². The molecule has 1 aliphatic heterocycles. The average molecular weight is 285 g/mol. The van der Waals surface area contributed by atoms with Gasteiger partial charge < -0.3 is 20.1 Å². The molecule has 0 aromatic carbocycles. The molecule has 1 saturated heterocycles. The number of nitrogens with one attached hydrogen (secondary N) is 1. The summed E-state index contributed by atoms with van der Waals surface area (Å²) in [5.74, 6) is -0.958. The third kappa shape index (κ3) is 4.97. The molecule has 0 radical (unpaired) electrons. The van der Waals surface area contributed by atoms with Crippen LogP contribution in [-0.4, -0.2) is 78.9 Å². The van der Waals surface area contributed by atoms with E-state index < -0.39 is 5.97 Å². The molecule has 2 aliphatic rings. The summed E-state index contributed by atoms with van der Waals surface area (Å²) in [6.07, 6.45) is 2.69. The first-order valence-electron chi connectivity index (χ1n) is 7.23.